The molecule has 13 heavy (non-hydrogen) atoms. The fraction of sp³-hybridized carbons (Fsp3) is 0.222. The van der Waals surface area contributed by atoms with Crippen molar-refractivity contribution in [3.63, 3.8) is 0 Å². The molecule has 0 spiro atoms. The Morgan fingerprint density at radius 2 is 2.23 bits per heavy atom. The third-order valence-electron chi connectivity index (χ3n) is 1.75. The Bertz CT molecular complexity index is 413. The summed E-state index contributed by atoms with van der Waals surface area (Å²) in [5.74, 6) is 0. The first-order valence-electron chi connectivity index (χ1n) is 4.10. The highest BCUT2D eigenvalue weighted by Gasteiger charge is 1.97. The first kappa shape index (κ1) is 8.07. The van der Waals surface area contributed by atoms with Gasteiger partial charge in [0.25, 0.3) is 0 Å². The van der Waals surface area contributed by atoms with Gasteiger partial charge in [0.15, 0.2) is 0 Å². The summed E-state index contributed by atoms with van der Waals surface area (Å²) in [5.41, 5.74) is 2.66. The van der Waals surface area contributed by atoms with Crippen LogP contribution in [0, 0.1) is 0 Å². The molecule has 66 valence electrons. The third-order valence-corrected chi connectivity index (χ3v) is 1.75. The second-order valence-electron chi connectivity index (χ2n) is 2.76. The molecule has 2 aromatic rings. The van der Waals surface area contributed by atoms with Crippen LogP contribution in [0.25, 0.3) is 11.0 Å². The largest absolute Gasteiger partial charge is 0.314 e. The molecule has 0 aliphatic rings. The van der Waals surface area contributed by atoms with Gasteiger partial charge in [-0.3, -0.25) is 9.97 Å². The Balaban J connectivity index is 2.49. The van der Waals surface area contributed by atoms with E-state index in [2.05, 4.69) is 20.3 Å². The Labute approximate surface area is 76.1 Å². The van der Waals surface area contributed by atoms with E-state index in [0.29, 0.717) is 0 Å². The summed E-state index contributed by atoms with van der Waals surface area (Å²) in [5, 5.41) is 3.03. The van der Waals surface area contributed by atoms with E-state index >= 15 is 0 Å². The average molecular weight is 174 g/mol. The molecular weight excluding hydrogens is 164 g/mol. The molecule has 0 aromatic carbocycles. The molecule has 2 rings (SSSR count). The minimum atomic E-state index is 0.734. The monoisotopic (exact) mass is 174 g/mol. The van der Waals surface area contributed by atoms with Crippen molar-refractivity contribution in [2.24, 2.45) is 0 Å². The van der Waals surface area contributed by atoms with Gasteiger partial charge in [-0.25, -0.2) is 4.98 Å². The molecule has 4 nitrogen and oxygen atoms in total. The first-order valence-corrected chi connectivity index (χ1v) is 4.10. The topological polar surface area (TPSA) is 50.7 Å². The lowest BCUT2D eigenvalue weighted by molar-refractivity contribution is 0.790. The fourth-order valence-corrected chi connectivity index (χ4v) is 1.17. The van der Waals surface area contributed by atoms with E-state index in [1.165, 1.54) is 0 Å². The quantitative estimate of drug-likeness (QED) is 0.729. The normalized spacial score (nSPS) is 10.5. The smallest absolute Gasteiger partial charge is 0.107 e. The molecule has 0 unspecified atom stereocenters. The number of nitrogens with zero attached hydrogens (tertiary/aromatic N) is 3. The Hall–Kier alpha value is -1.55. The summed E-state index contributed by atoms with van der Waals surface area (Å²) in [6.07, 6.45) is 5.22. The highest BCUT2D eigenvalue weighted by Crippen LogP contribution is 2.06. The van der Waals surface area contributed by atoms with Crippen LogP contribution in [-0.2, 0) is 6.54 Å². The molecule has 0 aliphatic heterocycles. The second-order valence-corrected chi connectivity index (χ2v) is 2.76. The molecular formula is C9H10N4. The summed E-state index contributed by atoms with van der Waals surface area (Å²) in [6, 6.07) is 1.85. The Morgan fingerprint density at radius 1 is 1.31 bits per heavy atom. The highest BCUT2D eigenvalue weighted by molar-refractivity contribution is 5.72. The maximum atomic E-state index is 4.38. The van der Waals surface area contributed by atoms with E-state index in [0.717, 1.165) is 23.3 Å². The van der Waals surface area contributed by atoms with Crippen LogP contribution in [0.5, 0.6) is 0 Å². The maximum absolute atomic E-state index is 4.38. The molecule has 0 saturated heterocycles. The van der Waals surface area contributed by atoms with Crippen molar-refractivity contribution in [3.05, 3.63) is 30.4 Å². The Morgan fingerprint density at radius 3 is 3.08 bits per heavy atom. The van der Waals surface area contributed by atoms with E-state index in [-0.39, 0.29) is 0 Å². The summed E-state index contributed by atoms with van der Waals surface area (Å²) in [7, 11) is 1.88. The fourth-order valence-electron chi connectivity index (χ4n) is 1.17. The minimum absolute atomic E-state index is 0.734. The van der Waals surface area contributed by atoms with E-state index in [1.807, 2.05) is 13.1 Å². The van der Waals surface area contributed by atoms with Gasteiger partial charge in [0.2, 0.25) is 0 Å². The molecule has 0 saturated carbocycles. The zero-order chi connectivity index (χ0) is 9.10. The van der Waals surface area contributed by atoms with Crippen molar-refractivity contribution in [3.8, 4) is 0 Å². The highest BCUT2D eigenvalue weighted by atomic mass is 14.9. The van der Waals surface area contributed by atoms with Crippen molar-refractivity contribution >= 4 is 11.0 Å². The zero-order valence-electron chi connectivity index (χ0n) is 7.36. The molecule has 0 fully saturated rings. The average Bonchev–Trinajstić information content (AvgIpc) is 2.18. The Kier molecular flexibility index (Phi) is 2.14. The van der Waals surface area contributed by atoms with Crippen molar-refractivity contribution in [1.29, 1.82) is 0 Å². The van der Waals surface area contributed by atoms with Gasteiger partial charge in [0, 0.05) is 12.7 Å². The van der Waals surface area contributed by atoms with Crippen LogP contribution in [0.2, 0.25) is 0 Å². The van der Waals surface area contributed by atoms with Gasteiger partial charge in [-0.05, 0) is 13.1 Å². The number of hydrogen-bond donors (Lipinski definition) is 1. The van der Waals surface area contributed by atoms with Crippen molar-refractivity contribution in [1.82, 2.24) is 20.3 Å². The summed E-state index contributed by atoms with van der Waals surface area (Å²) in [6.45, 7) is 0.734. The molecule has 0 aliphatic carbocycles. The number of aromatic nitrogens is 3. The second kappa shape index (κ2) is 3.45. The van der Waals surface area contributed by atoms with Crippen LogP contribution in [0.4, 0.5) is 0 Å². The van der Waals surface area contributed by atoms with E-state index < -0.39 is 0 Å². The molecule has 1 N–H and O–H groups in total. The maximum Gasteiger partial charge on any atom is 0.107 e. The van der Waals surface area contributed by atoms with Crippen molar-refractivity contribution in [2.45, 2.75) is 6.54 Å². The van der Waals surface area contributed by atoms with Crippen LogP contribution < -0.4 is 5.32 Å². The molecule has 2 heterocycles. The zero-order valence-corrected chi connectivity index (χ0v) is 7.36. The van der Waals surface area contributed by atoms with Crippen LogP contribution in [0.15, 0.2) is 24.7 Å². The van der Waals surface area contributed by atoms with Crippen molar-refractivity contribution in [2.75, 3.05) is 7.05 Å². The van der Waals surface area contributed by atoms with Crippen molar-refractivity contribution < 1.29 is 0 Å². The molecule has 0 atom stereocenters. The molecule has 0 radical (unpaired) electrons. The summed E-state index contributed by atoms with van der Waals surface area (Å²) < 4.78 is 0. The molecule has 0 bridgehead atoms. The van der Waals surface area contributed by atoms with Gasteiger partial charge in [0.1, 0.15) is 5.52 Å². The SMILES string of the molecule is CNCc1cnc2ccncc2n1. The van der Waals surface area contributed by atoms with Crippen LogP contribution in [0.3, 0.4) is 0 Å². The van der Waals surface area contributed by atoms with E-state index in [1.54, 1.807) is 18.6 Å². The molecule has 4 heteroatoms. The predicted octanol–water partition coefficient (Wildman–Crippen LogP) is 0.744. The van der Waals surface area contributed by atoms with Crippen LogP contribution >= 0.6 is 0 Å². The van der Waals surface area contributed by atoms with E-state index in [4.69, 9.17) is 0 Å². The number of fused-ring (bicyclic) bond motifs is 1. The number of nitrogens with one attached hydrogen (secondary N) is 1. The van der Waals surface area contributed by atoms with Crippen LogP contribution in [-0.4, -0.2) is 22.0 Å². The minimum Gasteiger partial charge on any atom is -0.314 e. The van der Waals surface area contributed by atoms with E-state index in [9.17, 15) is 0 Å². The number of pyridine rings is 1. The summed E-state index contributed by atoms with van der Waals surface area (Å²) >= 11 is 0. The van der Waals surface area contributed by atoms with Gasteiger partial charge >= 0.3 is 0 Å². The van der Waals surface area contributed by atoms with Gasteiger partial charge < -0.3 is 5.32 Å². The lowest BCUT2D eigenvalue weighted by Gasteiger charge is -1.99. The first-order chi connectivity index (χ1) is 6.40. The predicted molar refractivity (Wildman–Crippen MR) is 50.1 cm³/mol. The summed E-state index contributed by atoms with van der Waals surface area (Å²) in [4.78, 5) is 12.6. The lowest BCUT2D eigenvalue weighted by atomic mass is 10.3. The van der Waals surface area contributed by atoms with Gasteiger partial charge in [-0.2, -0.15) is 0 Å². The molecule has 0 amide bonds. The third kappa shape index (κ3) is 1.62. The van der Waals surface area contributed by atoms with Gasteiger partial charge in [0.05, 0.1) is 23.6 Å². The number of rotatable bonds is 2. The van der Waals surface area contributed by atoms with Gasteiger partial charge in [-0.1, -0.05) is 0 Å². The lowest BCUT2D eigenvalue weighted by Crippen LogP contribution is -2.07. The number of hydrogen-bond acceptors (Lipinski definition) is 4. The van der Waals surface area contributed by atoms with Gasteiger partial charge in [-0.15, -0.1) is 0 Å². The standard InChI is InChI=1S/C9H10N4/c1-10-4-7-5-12-8-2-3-11-6-9(8)13-7/h2-3,5-6,10H,4H2,1H3. The van der Waals surface area contributed by atoms with Crippen LogP contribution in [0.1, 0.15) is 5.69 Å². The molecule has 2 aromatic heterocycles.